The number of esters is 1. The molecule has 0 aromatic heterocycles. The highest BCUT2D eigenvalue weighted by Gasteiger charge is 2.27. The van der Waals surface area contributed by atoms with Crippen molar-refractivity contribution < 1.29 is 24.2 Å². The Kier molecular flexibility index (Phi) is 11.2. The number of benzene rings is 1. The molecule has 172 valence electrons. The van der Waals surface area contributed by atoms with E-state index >= 15 is 0 Å². The minimum atomic E-state index is -0.672. The van der Waals surface area contributed by atoms with E-state index in [2.05, 4.69) is 4.90 Å². The molecule has 1 aliphatic heterocycles. The maximum absolute atomic E-state index is 12.5. The quantitative estimate of drug-likeness (QED) is 0.297. The molecule has 0 aliphatic carbocycles. The number of rotatable bonds is 12. The van der Waals surface area contributed by atoms with Crippen molar-refractivity contribution in [1.29, 1.82) is 0 Å². The first-order valence-corrected chi connectivity index (χ1v) is 11.4. The summed E-state index contributed by atoms with van der Waals surface area (Å²) in [6.45, 7) is 5.68. The smallest absolute Gasteiger partial charge is 0.332 e. The van der Waals surface area contributed by atoms with Crippen LogP contribution in [0.1, 0.15) is 45.1 Å². The second kappa shape index (κ2) is 13.6. The number of aliphatic hydroxyl groups excluding tert-OH is 1. The molecule has 2 atom stereocenters. The molecule has 1 fully saturated rings. The molecule has 1 saturated heterocycles. The van der Waals surface area contributed by atoms with Gasteiger partial charge in [0.1, 0.15) is 6.61 Å². The molecule has 0 radical (unpaired) electrons. The molecule has 0 spiro atoms. The number of hydrogen-bond donors (Lipinski definition) is 1. The highest BCUT2D eigenvalue weighted by molar-refractivity contribution is 6.30. The van der Waals surface area contributed by atoms with Gasteiger partial charge in [0.05, 0.1) is 18.2 Å². The number of piperidine rings is 1. The van der Waals surface area contributed by atoms with Crippen LogP contribution >= 0.6 is 11.6 Å². The molecule has 1 aromatic carbocycles. The zero-order valence-electron chi connectivity index (χ0n) is 18.5. The van der Waals surface area contributed by atoms with Crippen LogP contribution < -0.4 is 0 Å². The van der Waals surface area contributed by atoms with Gasteiger partial charge in [-0.2, -0.15) is 0 Å². The topological polar surface area (TPSA) is 76.1 Å². The summed E-state index contributed by atoms with van der Waals surface area (Å²) in [6.07, 6.45) is 6.27. The fourth-order valence-electron chi connectivity index (χ4n) is 3.61. The second-order valence-corrected chi connectivity index (χ2v) is 8.57. The predicted octanol–water partition coefficient (Wildman–Crippen LogP) is 3.58. The van der Waals surface area contributed by atoms with Crippen LogP contribution in [-0.4, -0.2) is 66.3 Å². The van der Waals surface area contributed by atoms with Crippen LogP contribution in [0.3, 0.4) is 0 Å². The molecule has 1 N–H and O–H groups in total. The van der Waals surface area contributed by atoms with E-state index in [1.54, 1.807) is 26.0 Å². The first-order valence-electron chi connectivity index (χ1n) is 11.0. The summed E-state index contributed by atoms with van der Waals surface area (Å²) < 4.78 is 10.4. The Labute approximate surface area is 190 Å². The minimum Gasteiger partial charge on any atom is -0.461 e. The lowest BCUT2D eigenvalue weighted by Crippen LogP contribution is -2.45. The SMILES string of the molecule is CC(C)OC(=O)COCCCCN1CCCC(=O)[C@H]1/C=C/C(O)Cc1cccc(Cl)c1. The largest absolute Gasteiger partial charge is 0.461 e. The Bertz CT molecular complexity index is 736. The Hall–Kier alpha value is -1.73. The van der Waals surface area contributed by atoms with Gasteiger partial charge in [0.2, 0.25) is 0 Å². The van der Waals surface area contributed by atoms with Crippen LogP contribution in [0, 0.1) is 0 Å². The summed E-state index contributed by atoms with van der Waals surface area (Å²) in [7, 11) is 0. The number of halogens is 1. The van der Waals surface area contributed by atoms with Gasteiger partial charge in [-0.1, -0.05) is 35.9 Å². The average Bonchev–Trinajstić information content (AvgIpc) is 2.69. The minimum absolute atomic E-state index is 0.0315. The summed E-state index contributed by atoms with van der Waals surface area (Å²) in [5.41, 5.74) is 0.953. The number of likely N-dealkylation sites (tertiary alicyclic amines) is 1. The fourth-order valence-corrected chi connectivity index (χ4v) is 3.82. The van der Waals surface area contributed by atoms with E-state index in [4.69, 9.17) is 21.1 Å². The van der Waals surface area contributed by atoms with Gasteiger partial charge in [-0.15, -0.1) is 0 Å². The van der Waals surface area contributed by atoms with Crippen LogP contribution in [0.4, 0.5) is 0 Å². The third kappa shape index (κ3) is 9.95. The number of ether oxygens (including phenoxy) is 2. The zero-order valence-corrected chi connectivity index (χ0v) is 19.2. The Balaban J connectivity index is 1.75. The summed E-state index contributed by atoms with van der Waals surface area (Å²) in [5.74, 6) is -0.164. The monoisotopic (exact) mass is 451 g/mol. The van der Waals surface area contributed by atoms with Gasteiger partial charge < -0.3 is 14.6 Å². The molecule has 6 nitrogen and oxygen atoms in total. The fraction of sp³-hybridized carbons (Fsp3) is 0.583. The summed E-state index contributed by atoms with van der Waals surface area (Å²) in [4.78, 5) is 26.0. The number of nitrogens with zero attached hydrogens (tertiary/aromatic N) is 1. The van der Waals surface area contributed by atoms with Crippen molar-refractivity contribution in [1.82, 2.24) is 4.90 Å². The maximum Gasteiger partial charge on any atom is 0.332 e. The van der Waals surface area contributed by atoms with E-state index in [1.807, 2.05) is 24.3 Å². The number of carbonyl (C=O) groups is 2. The third-order valence-corrected chi connectivity index (χ3v) is 5.25. The highest BCUT2D eigenvalue weighted by atomic mass is 35.5. The molecular weight excluding hydrogens is 418 g/mol. The van der Waals surface area contributed by atoms with Gasteiger partial charge in [-0.3, -0.25) is 9.69 Å². The first kappa shape index (κ1) is 25.5. The lowest BCUT2D eigenvalue weighted by molar-refractivity contribution is -0.152. The summed E-state index contributed by atoms with van der Waals surface area (Å²) in [6, 6.07) is 7.11. The third-order valence-electron chi connectivity index (χ3n) is 5.01. The molecule has 1 aromatic rings. The van der Waals surface area contributed by atoms with Crippen molar-refractivity contribution in [3.05, 3.63) is 47.0 Å². The molecule has 1 unspecified atom stereocenters. The van der Waals surface area contributed by atoms with Crippen molar-refractivity contribution >= 4 is 23.4 Å². The highest BCUT2D eigenvalue weighted by Crippen LogP contribution is 2.17. The van der Waals surface area contributed by atoms with Gasteiger partial charge in [-0.05, 0) is 63.9 Å². The zero-order chi connectivity index (χ0) is 22.6. The molecule has 1 heterocycles. The predicted molar refractivity (Wildman–Crippen MR) is 121 cm³/mol. The van der Waals surface area contributed by atoms with Crippen LogP contribution in [0.15, 0.2) is 36.4 Å². The van der Waals surface area contributed by atoms with E-state index < -0.39 is 6.10 Å². The lowest BCUT2D eigenvalue weighted by Gasteiger charge is -2.33. The standard InChI is InChI=1S/C24H34ClNO5/c1-18(2)31-24(29)17-30-14-4-3-12-26-13-6-9-23(28)22(26)11-10-21(27)16-19-7-5-8-20(25)15-19/h5,7-8,10-11,15,18,21-22,27H,3-4,6,9,12-14,16-17H2,1-2H3/b11-10+/t21?,22-/m1/s1. The lowest BCUT2D eigenvalue weighted by atomic mass is 9.98. The number of Topliss-reactive ketones (excluding diaryl/α,β-unsaturated/α-hetero) is 1. The number of hydrogen-bond acceptors (Lipinski definition) is 6. The molecule has 0 amide bonds. The van der Waals surface area contributed by atoms with E-state index in [0.717, 1.165) is 37.9 Å². The normalized spacial score (nSPS) is 18.6. The van der Waals surface area contributed by atoms with Crippen molar-refractivity contribution in [2.45, 2.75) is 64.2 Å². The molecule has 0 saturated carbocycles. The van der Waals surface area contributed by atoms with Crippen molar-refractivity contribution in [3.63, 3.8) is 0 Å². The van der Waals surface area contributed by atoms with Crippen LogP contribution in [-0.2, 0) is 25.5 Å². The van der Waals surface area contributed by atoms with Gasteiger partial charge in [0, 0.05) is 24.5 Å². The van der Waals surface area contributed by atoms with Gasteiger partial charge in [0.25, 0.3) is 0 Å². The second-order valence-electron chi connectivity index (χ2n) is 8.14. The van der Waals surface area contributed by atoms with Crippen molar-refractivity contribution in [2.24, 2.45) is 0 Å². The number of ketones is 1. The van der Waals surface area contributed by atoms with Crippen LogP contribution in [0.5, 0.6) is 0 Å². The van der Waals surface area contributed by atoms with Crippen molar-refractivity contribution in [2.75, 3.05) is 26.3 Å². The maximum atomic E-state index is 12.5. The Morgan fingerprint density at radius 2 is 2.16 bits per heavy atom. The van der Waals surface area contributed by atoms with Crippen LogP contribution in [0.2, 0.25) is 5.02 Å². The van der Waals surface area contributed by atoms with Crippen LogP contribution in [0.25, 0.3) is 0 Å². The summed E-state index contributed by atoms with van der Waals surface area (Å²) in [5, 5.41) is 11.0. The van der Waals surface area contributed by atoms with Gasteiger partial charge in [-0.25, -0.2) is 4.79 Å². The Morgan fingerprint density at radius 1 is 1.35 bits per heavy atom. The number of carbonyl (C=O) groups excluding carboxylic acids is 2. The average molecular weight is 452 g/mol. The molecular formula is C24H34ClNO5. The molecule has 31 heavy (non-hydrogen) atoms. The van der Waals surface area contributed by atoms with E-state index in [1.165, 1.54) is 0 Å². The molecule has 1 aliphatic rings. The van der Waals surface area contributed by atoms with E-state index in [-0.39, 0.29) is 30.5 Å². The Morgan fingerprint density at radius 3 is 2.90 bits per heavy atom. The summed E-state index contributed by atoms with van der Waals surface area (Å²) >= 11 is 6.00. The number of aliphatic hydroxyl groups is 1. The van der Waals surface area contributed by atoms with Gasteiger partial charge >= 0.3 is 5.97 Å². The van der Waals surface area contributed by atoms with E-state index in [9.17, 15) is 14.7 Å². The first-order chi connectivity index (χ1) is 14.8. The van der Waals surface area contributed by atoms with E-state index in [0.29, 0.717) is 24.5 Å². The molecule has 2 rings (SSSR count). The van der Waals surface area contributed by atoms with Crippen molar-refractivity contribution in [3.8, 4) is 0 Å². The number of unbranched alkanes of at least 4 members (excludes halogenated alkanes) is 1. The molecule has 7 heteroatoms. The molecule has 0 bridgehead atoms. The van der Waals surface area contributed by atoms with Gasteiger partial charge in [0.15, 0.2) is 5.78 Å².